The van der Waals surface area contributed by atoms with Crippen LogP contribution in [0.1, 0.15) is 19.3 Å². The first kappa shape index (κ1) is 25.4. The molecule has 2 heterocycles. The Labute approximate surface area is 186 Å². The average molecular weight is 497 g/mol. The van der Waals surface area contributed by atoms with E-state index in [1.54, 1.807) is 0 Å². The van der Waals surface area contributed by atoms with Gasteiger partial charge in [0, 0.05) is 12.2 Å². The third-order valence-corrected chi connectivity index (χ3v) is 7.76. The van der Waals surface area contributed by atoms with Crippen LogP contribution in [-0.4, -0.2) is 93.3 Å². The molecule has 12 nitrogen and oxygen atoms in total. The summed E-state index contributed by atoms with van der Waals surface area (Å²) in [5.41, 5.74) is 0.0589. The first-order chi connectivity index (χ1) is 14.2. The van der Waals surface area contributed by atoms with Crippen molar-refractivity contribution in [2.45, 2.75) is 24.5 Å². The van der Waals surface area contributed by atoms with Gasteiger partial charge in [-0.1, -0.05) is 10.8 Å². The van der Waals surface area contributed by atoms with Crippen LogP contribution in [-0.2, 0) is 29.3 Å². The highest BCUT2D eigenvalue weighted by molar-refractivity contribution is 8.78. The fourth-order valence-electron chi connectivity index (χ4n) is 2.74. The van der Waals surface area contributed by atoms with Gasteiger partial charge < -0.3 is 5.11 Å². The van der Waals surface area contributed by atoms with Gasteiger partial charge in [0.2, 0.25) is 5.91 Å². The molecule has 0 saturated carbocycles. The van der Waals surface area contributed by atoms with Gasteiger partial charge in [-0.3, -0.25) is 23.9 Å². The highest BCUT2D eigenvalue weighted by Gasteiger charge is 2.50. The minimum absolute atomic E-state index is 0.0302. The fourth-order valence-corrected chi connectivity index (χ4v) is 5.66. The molecule has 1 fully saturated rings. The molecule has 0 bridgehead atoms. The molecule has 0 aromatic heterocycles. The molecule has 2 aliphatic heterocycles. The number of hydrogen-bond donors (Lipinski definition) is 3. The second-order valence-electron chi connectivity index (χ2n) is 7.11. The van der Waals surface area contributed by atoms with E-state index in [1.807, 2.05) is 0 Å². The first-order valence-electron chi connectivity index (χ1n) is 8.87. The standard InChI is InChI=1S/C16H21N3O9S3/c1-19(2,25)16(24)10-5-6-13(30-29-7-3-4-14(21)22)17(9-10)18-12(20)8-11(15(18)23)31(26,27)28/h5-6,11,25H,3-4,7-9H2,1-2H3,(H-,21,22,26,27,28)/p+1. The SMILES string of the molecule is C[N+](C)(O)C(=O)C1=CC=C(SSCCCC(=O)O)N(N2C(=O)CC(S(=O)(=O)O)C2=O)C1. The molecule has 3 N–H and O–H groups in total. The Morgan fingerprint density at radius 1 is 1.26 bits per heavy atom. The molecule has 31 heavy (non-hydrogen) atoms. The van der Waals surface area contributed by atoms with Crippen molar-refractivity contribution in [2.75, 3.05) is 26.4 Å². The number of nitrogens with zero attached hydrogens (tertiary/aromatic N) is 3. The Kier molecular flexibility index (Phi) is 7.94. The van der Waals surface area contributed by atoms with Gasteiger partial charge in [0.25, 0.3) is 16.0 Å². The predicted molar refractivity (Wildman–Crippen MR) is 110 cm³/mol. The zero-order chi connectivity index (χ0) is 23.6. The monoisotopic (exact) mass is 496 g/mol. The normalized spacial score (nSPS) is 20.1. The van der Waals surface area contributed by atoms with E-state index < -0.39 is 50.1 Å². The van der Waals surface area contributed by atoms with Crippen molar-refractivity contribution in [3.63, 3.8) is 0 Å². The van der Waals surface area contributed by atoms with Crippen molar-refractivity contribution in [3.05, 3.63) is 22.8 Å². The van der Waals surface area contributed by atoms with Gasteiger partial charge in [0.15, 0.2) is 5.25 Å². The Hall–Kier alpha value is -1.91. The molecule has 172 valence electrons. The van der Waals surface area contributed by atoms with Crippen molar-refractivity contribution >= 4 is 55.4 Å². The number of hydrazine groups is 1. The van der Waals surface area contributed by atoms with Crippen LogP contribution in [0.3, 0.4) is 0 Å². The lowest BCUT2D eigenvalue weighted by Gasteiger charge is -2.35. The summed E-state index contributed by atoms with van der Waals surface area (Å²) in [4.78, 5) is 48.1. The zero-order valence-corrected chi connectivity index (χ0v) is 19.1. The Morgan fingerprint density at radius 2 is 1.90 bits per heavy atom. The van der Waals surface area contributed by atoms with Gasteiger partial charge in [-0.15, -0.1) is 4.65 Å². The summed E-state index contributed by atoms with van der Waals surface area (Å²) < 4.78 is 31.2. The van der Waals surface area contributed by atoms with E-state index in [9.17, 15) is 37.4 Å². The molecule has 0 aliphatic carbocycles. The predicted octanol–water partition coefficient (Wildman–Crippen LogP) is 0.239. The molecule has 3 amide bonds. The molecule has 1 saturated heterocycles. The van der Waals surface area contributed by atoms with Crippen LogP contribution in [0.5, 0.6) is 0 Å². The minimum Gasteiger partial charge on any atom is -0.481 e. The largest absolute Gasteiger partial charge is 0.481 e. The second-order valence-corrected chi connectivity index (χ2v) is 11.1. The average Bonchev–Trinajstić information content (AvgIpc) is 2.94. The topological polar surface area (TPSA) is 170 Å². The molecular weight excluding hydrogens is 474 g/mol. The Morgan fingerprint density at radius 3 is 2.42 bits per heavy atom. The van der Waals surface area contributed by atoms with Gasteiger partial charge >= 0.3 is 11.9 Å². The van der Waals surface area contributed by atoms with Crippen molar-refractivity contribution < 1.29 is 47.1 Å². The van der Waals surface area contributed by atoms with Crippen molar-refractivity contribution in [2.24, 2.45) is 0 Å². The van der Waals surface area contributed by atoms with Crippen LogP contribution in [0.15, 0.2) is 22.8 Å². The van der Waals surface area contributed by atoms with E-state index in [2.05, 4.69) is 0 Å². The number of carbonyl (C=O) groups excluding carboxylic acids is 3. The summed E-state index contributed by atoms with van der Waals surface area (Å²) in [6.45, 7) is -0.300. The van der Waals surface area contributed by atoms with Crippen LogP contribution in [0.4, 0.5) is 0 Å². The molecule has 2 aliphatic rings. The Bertz CT molecular complexity index is 953. The summed E-state index contributed by atoms with van der Waals surface area (Å²) >= 11 is 0. The van der Waals surface area contributed by atoms with E-state index >= 15 is 0 Å². The van der Waals surface area contributed by atoms with Gasteiger partial charge in [0.1, 0.15) is 19.1 Å². The van der Waals surface area contributed by atoms with Crippen LogP contribution < -0.4 is 0 Å². The highest BCUT2D eigenvalue weighted by Crippen LogP contribution is 2.38. The Balaban J connectivity index is 2.28. The maximum atomic E-state index is 12.6. The van der Waals surface area contributed by atoms with Crippen LogP contribution >= 0.6 is 21.6 Å². The number of likely N-dealkylation sites (N-methyl/N-ethyl adjacent to an activating group) is 1. The third kappa shape index (κ3) is 6.30. The summed E-state index contributed by atoms with van der Waals surface area (Å²) in [5, 5.41) is 18.7. The van der Waals surface area contributed by atoms with E-state index in [-0.39, 0.29) is 18.5 Å². The molecule has 1 atom stereocenters. The second kappa shape index (κ2) is 9.70. The molecule has 1 unspecified atom stereocenters. The number of imide groups is 1. The van der Waals surface area contributed by atoms with Gasteiger partial charge in [-0.2, -0.15) is 13.4 Å². The van der Waals surface area contributed by atoms with E-state index in [0.29, 0.717) is 22.2 Å². The van der Waals surface area contributed by atoms with Gasteiger partial charge in [-0.05, 0) is 29.4 Å². The van der Waals surface area contributed by atoms with Crippen molar-refractivity contribution in [1.29, 1.82) is 0 Å². The molecule has 0 radical (unpaired) electrons. The van der Waals surface area contributed by atoms with Crippen molar-refractivity contribution in [3.8, 4) is 0 Å². The molecule has 0 aromatic rings. The molecule has 0 spiro atoms. The summed E-state index contributed by atoms with van der Waals surface area (Å²) in [6, 6.07) is 0. The molecule has 15 heteroatoms. The lowest BCUT2D eigenvalue weighted by Crippen LogP contribution is -2.51. The van der Waals surface area contributed by atoms with Gasteiger partial charge in [-0.25, -0.2) is 10.0 Å². The van der Waals surface area contributed by atoms with E-state index in [1.165, 1.54) is 37.0 Å². The lowest BCUT2D eigenvalue weighted by atomic mass is 10.1. The van der Waals surface area contributed by atoms with Crippen LogP contribution in [0.2, 0.25) is 0 Å². The van der Waals surface area contributed by atoms with Crippen LogP contribution in [0.25, 0.3) is 0 Å². The number of quaternary nitrogens is 1. The first-order valence-corrected chi connectivity index (χ1v) is 12.7. The van der Waals surface area contributed by atoms with Crippen molar-refractivity contribution in [1.82, 2.24) is 10.0 Å². The molecule has 0 aromatic carbocycles. The number of aliphatic carboxylic acids is 1. The third-order valence-electron chi connectivity index (χ3n) is 4.22. The summed E-state index contributed by atoms with van der Waals surface area (Å²) in [6.07, 6.45) is 2.45. The summed E-state index contributed by atoms with van der Waals surface area (Å²) in [7, 11) is -0.0101. The van der Waals surface area contributed by atoms with Gasteiger partial charge in [0.05, 0.1) is 18.5 Å². The highest BCUT2D eigenvalue weighted by atomic mass is 33.1. The number of carboxylic acids is 1. The number of amides is 3. The zero-order valence-electron chi connectivity index (χ0n) is 16.6. The maximum Gasteiger partial charge on any atom is 0.375 e. The fraction of sp³-hybridized carbons (Fsp3) is 0.500. The number of carbonyl (C=O) groups is 4. The maximum absolute atomic E-state index is 12.6. The number of hydroxylamine groups is 3. The molecular formula is C16H22N3O9S3+. The number of rotatable bonds is 9. The summed E-state index contributed by atoms with van der Waals surface area (Å²) in [5.74, 6) is -3.23. The van der Waals surface area contributed by atoms with Crippen LogP contribution in [0, 0.1) is 0 Å². The number of hydrogen-bond acceptors (Lipinski definition) is 10. The quantitative estimate of drug-likeness (QED) is 0.0757. The van der Waals surface area contributed by atoms with E-state index in [4.69, 9.17) is 5.11 Å². The molecule has 2 rings (SSSR count). The number of carboxylic acid groups (broad SMARTS) is 1. The van der Waals surface area contributed by atoms with E-state index in [0.717, 1.165) is 15.8 Å². The minimum atomic E-state index is -4.81. The number of allylic oxidation sites excluding steroid dienone is 2. The smallest absolute Gasteiger partial charge is 0.375 e. The lowest BCUT2D eigenvalue weighted by molar-refractivity contribution is -1.01.